The molecule has 0 radical (unpaired) electrons. The Morgan fingerprint density at radius 1 is 1.20 bits per heavy atom. The van der Waals surface area contributed by atoms with Gasteiger partial charge in [-0.2, -0.15) is 0 Å². The number of hydrogen-bond acceptors (Lipinski definition) is 3. The predicted octanol–water partition coefficient (Wildman–Crippen LogP) is 4.55. The van der Waals surface area contributed by atoms with Crippen LogP contribution < -0.4 is 5.32 Å². The number of amides is 1. The molecule has 4 nitrogen and oxygen atoms in total. The number of nitrogens with zero attached hydrogens (tertiary/aromatic N) is 2. The summed E-state index contributed by atoms with van der Waals surface area (Å²) in [4.78, 5) is 17.8. The molecule has 0 aliphatic rings. The molecular weight excluding hydrogens is 330 g/mol. The predicted molar refractivity (Wildman–Crippen MR) is 102 cm³/mol. The van der Waals surface area contributed by atoms with E-state index in [0.29, 0.717) is 6.42 Å². The van der Waals surface area contributed by atoms with Crippen molar-refractivity contribution >= 4 is 27.9 Å². The fourth-order valence-corrected chi connectivity index (χ4v) is 3.50. The number of thiazole rings is 1. The van der Waals surface area contributed by atoms with Crippen LogP contribution in [-0.4, -0.2) is 15.3 Å². The Bertz CT molecular complexity index is 1000. The fourth-order valence-electron chi connectivity index (χ4n) is 2.80. The fraction of sp³-hybridized carbons (Fsp3) is 0.100. The molecule has 1 N–H and O–H groups in total. The number of carbonyl (C=O) groups excluding carboxylic acids is 1. The summed E-state index contributed by atoms with van der Waals surface area (Å²) in [6.45, 7) is 2.03. The Labute approximate surface area is 149 Å². The van der Waals surface area contributed by atoms with Crippen molar-refractivity contribution in [2.45, 2.75) is 13.3 Å². The van der Waals surface area contributed by atoms with Gasteiger partial charge in [0.1, 0.15) is 0 Å². The summed E-state index contributed by atoms with van der Waals surface area (Å²) in [6, 6.07) is 15.8. The lowest BCUT2D eigenvalue weighted by Gasteiger charge is -2.06. The van der Waals surface area contributed by atoms with Crippen LogP contribution in [0.15, 0.2) is 66.3 Å². The zero-order valence-corrected chi connectivity index (χ0v) is 14.6. The standard InChI is InChI=1S/C20H17N3OS/c1-14-3-2-4-15(11-14)12-19(24)21-17-7-5-16(6-8-17)18-13-23-9-10-25-20(23)22-18/h2-11,13H,12H2,1H3,(H,21,24). The Hall–Kier alpha value is -2.92. The van der Waals surface area contributed by atoms with Crippen LogP contribution in [0, 0.1) is 6.92 Å². The summed E-state index contributed by atoms with van der Waals surface area (Å²) in [5, 5.41) is 4.96. The second-order valence-electron chi connectivity index (χ2n) is 6.01. The molecule has 25 heavy (non-hydrogen) atoms. The topological polar surface area (TPSA) is 46.4 Å². The summed E-state index contributed by atoms with van der Waals surface area (Å²) < 4.78 is 2.01. The number of nitrogens with one attached hydrogen (secondary N) is 1. The third kappa shape index (κ3) is 3.46. The van der Waals surface area contributed by atoms with Crippen molar-refractivity contribution in [3.05, 3.63) is 77.4 Å². The van der Waals surface area contributed by atoms with Gasteiger partial charge in [0.05, 0.1) is 12.1 Å². The van der Waals surface area contributed by atoms with Gasteiger partial charge < -0.3 is 5.32 Å². The highest BCUT2D eigenvalue weighted by atomic mass is 32.1. The minimum absolute atomic E-state index is 0.0131. The van der Waals surface area contributed by atoms with Gasteiger partial charge in [0.15, 0.2) is 4.96 Å². The Morgan fingerprint density at radius 2 is 2.04 bits per heavy atom. The smallest absolute Gasteiger partial charge is 0.228 e. The van der Waals surface area contributed by atoms with Crippen LogP contribution in [0.2, 0.25) is 0 Å². The number of aromatic nitrogens is 2. The van der Waals surface area contributed by atoms with Gasteiger partial charge in [0.25, 0.3) is 0 Å². The van der Waals surface area contributed by atoms with Crippen molar-refractivity contribution in [3.63, 3.8) is 0 Å². The van der Waals surface area contributed by atoms with E-state index in [0.717, 1.165) is 33.0 Å². The number of carbonyl (C=O) groups is 1. The first kappa shape index (κ1) is 15.6. The van der Waals surface area contributed by atoms with Gasteiger partial charge in [-0.05, 0) is 24.6 Å². The van der Waals surface area contributed by atoms with Crippen LogP contribution in [0.4, 0.5) is 5.69 Å². The van der Waals surface area contributed by atoms with Crippen LogP contribution >= 0.6 is 11.3 Å². The van der Waals surface area contributed by atoms with Crippen molar-refractivity contribution in [2.24, 2.45) is 0 Å². The van der Waals surface area contributed by atoms with Gasteiger partial charge in [-0.15, -0.1) is 11.3 Å². The van der Waals surface area contributed by atoms with Gasteiger partial charge in [-0.25, -0.2) is 4.98 Å². The second-order valence-corrected chi connectivity index (χ2v) is 6.88. The molecule has 2 heterocycles. The number of fused-ring (bicyclic) bond motifs is 1. The molecule has 2 aromatic heterocycles. The second kappa shape index (κ2) is 6.53. The summed E-state index contributed by atoms with van der Waals surface area (Å²) in [7, 11) is 0. The van der Waals surface area contributed by atoms with E-state index in [4.69, 9.17) is 0 Å². The van der Waals surface area contributed by atoms with E-state index in [1.165, 1.54) is 0 Å². The molecule has 0 aliphatic carbocycles. The SMILES string of the molecule is Cc1cccc(CC(=O)Nc2ccc(-c3cn4ccsc4n3)cc2)c1. The molecule has 0 bridgehead atoms. The molecule has 124 valence electrons. The Morgan fingerprint density at radius 3 is 2.80 bits per heavy atom. The van der Waals surface area contributed by atoms with Crippen molar-refractivity contribution < 1.29 is 4.79 Å². The summed E-state index contributed by atoms with van der Waals surface area (Å²) in [6.07, 6.45) is 4.38. The van der Waals surface area contributed by atoms with E-state index >= 15 is 0 Å². The average molecular weight is 347 g/mol. The first-order valence-corrected chi connectivity index (χ1v) is 8.93. The zero-order chi connectivity index (χ0) is 17.2. The Kier molecular flexibility index (Phi) is 4.07. The molecule has 0 saturated carbocycles. The molecule has 4 aromatic rings. The van der Waals surface area contributed by atoms with Crippen LogP contribution in [0.3, 0.4) is 0 Å². The quantitative estimate of drug-likeness (QED) is 0.588. The molecule has 2 aromatic carbocycles. The van der Waals surface area contributed by atoms with Crippen LogP contribution in [-0.2, 0) is 11.2 Å². The van der Waals surface area contributed by atoms with Gasteiger partial charge >= 0.3 is 0 Å². The van der Waals surface area contributed by atoms with Gasteiger partial charge in [0.2, 0.25) is 5.91 Å². The third-order valence-electron chi connectivity index (χ3n) is 4.00. The number of imidazole rings is 1. The van der Waals surface area contributed by atoms with E-state index in [-0.39, 0.29) is 5.91 Å². The minimum atomic E-state index is -0.0131. The summed E-state index contributed by atoms with van der Waals surface area (Å²) in [5.41, 5.74) is 4.95. The maximum absolute atomic E-state index is 12.2. The average Bonchev–Trinajstić information content (AvgIpc) is 3.17. The largest absolute Gasteiger partial charge is 0.326 e. The van der Waals surface area contributed by atoms with Gasteiger partial charge in [0, 0.05) is 29.0 Å². The Balaban J connectivity index is 1.44. The van der Waals surface area contributed by atoms with Crippen LogP contribution in [0.25, 0.3) is 16.2 Å². The van der Waals surface area contributed by atoms with Gasteiger partial charge in [-0.3, -0.25) is 9.20 Å². The lowest BCUT2D eigenvalue weighted by molar-refractivity contribution is -0.115. The first-order valence-electron chi connectivity index (χ1n) is 8.05. The van der Waals surface area contributed by atoms with Crippen LogP contribution in [0.1, 0.15) is 11.1 Å². The minimum Gasteiger partial charge on any atom is -0.326 e. The van der Waals surface area contributed by atoms with E-state index in [1.807, 2.05) is 77.6 Å². The molecule has 0 spiro atoms. The molecule has 0 atom stereocenters. The summed E-state index contributed by atoms with van der Waals surface area (Å²) >= 11 is 1.61. The lowest BCUT2D eigenvalue weighted by Crippen LogP contribution is -2.14. The van der Waals surface area contributed by atoms with Crippen molar-refractivity contribution in [1.29, 1.82) is 0 Å². The number of anilines is 1. The van der Waals surface area contributed by atoms with Crippen molar-refractivity contribution in [1.82, 2.24) is 9.38 Å². The molecule has 5 heteroatoms. The molecule has 0 aliphatic heterocycles. The van der Waals surface area contributed by atoms with E-state index in [1.54, 1.807) is 11.3 Å². The normalized spacial score (nSPS) is 10.9. The lowest BCUT2D eigenvalue weighted by atomic mass is 10.1. The number of hydrogen-bond donors (Lipinski definition) is 1. The molecule has 1 amide bonds. The van der Waals surface area contributed by atoms with E-state index in [2.05, 4.69) is 10.3 Å². The van der Waals surface area contributed by atoms with Crippen LogP contribution in [0.5, 0.6) is 0 Å². The molecule has 0 fully saturated rings. The number of rotatable bonds is 4. The highest BCUT2D eigenvalue weighted by Crippen LogP contribution is 2.23. The van der Waals surface area contributed by atoms with E-state index in [9.17, 15) is 4.79 Å². The highest BCUT2D eigenvalue weighted by molar-refractivity contribution is 7.15. The van der Waals surface area contributed by atoms with Crippen molar-refractivity contribution in [3.8, 4) is 11.3 Å². The maximum atomic E-state index is 12.2. The first-order chi connectivity index (χ1) is 12.2. The monoisotopic (exact) mass is 347 g/mol. The third-order valence-corrected chi connectivity index (χ3v) is 4.78. The summed E-state index contributed by atoms with van der Waals surface area (Å²) in [5.74, 6) is -0.0131. The maximum Gasteiger partial charge on any atom is 0.228 e. The van der Waals surface area contributed by atoms with Gasteiger partial charge in [-0.1, -0.05) is 42.0 Å². The van der Waals surface area contributed by atoms with E-state index < -0.39 is 0 Å². The zero-order valence-electron chi connectivity index (χ0n) is 13.8. The molecule has 0 saturated heterocycles. The highest BCUT2D eigenvalue weighted by Gasteiger charge is 2.07. The molecule has 4 rings (SSSR count). The number of benzene rings is 2. The molecular formula is C20H17N3OS. The molecule has 0 unspecified atom stereocenters. The van der Waals surface area contributed by atoms with Crippen molar-refractivity contribution in [2.75, 3.05) is 5.32 Å². The number of aryl methyl sites for hydroxylation is 1.